The fraction of sp³-hybridized carbons (Fsp3) is 0.600. The van der Waals surface area contributed by atoms with Crippen molar-refractivity contribution in [3.8, 4) is 0 Å². The zero-order valence-corrected chi connectivity index (χ0v) is 9.36. The summed E-state index contributed by atoms with van der Waals surface area (Å²) >= 11 is 0. The number of aryl methyl sites for hydroxylation is 2. The van der Waals surface area contributed by atoms with Gasteiger partial charge in [0.25, 0.3) is 5.56 Å². The zero-order valence-electron chi connectivity index (χ0n) is 9.36. The molecule has 0 aliphatic heterocycles. The Hall–Kier alpha value is -1.20. The van der Waals surface area contributed by atoms with Crippen LogP contribution in [0.3, 0.4) is 0 Å². The largest absolute Gasteiger partial charge is 0.383 e. The maximum atomic E-state index is 11.6. The Morgan fingerprint density at radius 3 is 2.80 bits per heavy atom. The van der Waals surface area contributed by atoms with Crippen LogP contribution in [0, 0.1) is 13.8 Å². The second-order valence-corrected chi connectivity index (χ2v) is 3.61. The molecule has 0 fully saturated rings. The number of ether oxygens (including phenoxy) is 1. The van der Waals surface area contributed by atoms with Crippen molar-refractivity contribution in [2.75, 3.05) is 13.7 Å². The van der Waals surface area contributed by atoms with Gasteiger partial charge in [-0.05, 0) is 13.8 Å². The first-order valence-electron chi connectivity index (χ1n) is 4.84. The van der Waals surface area contributed by atoms with E-state index < -0.39 is 0 Å². The van der Waals surface area contributed by atoms with Gasteiger partial charge in [-0.15, -0.1) is 0 Å². The number of methoxy groups -OCH3 is 1. The molecule has 84 valence electrons. The molecule has 5 heteroatoms. The van der Waals surface area contributed by atoms with Crippen LogP contribution in [0.1, 0.15) is 11.5 Å². The fourth-order valence-electron chi connectivity index (χ4n) is 1.49. The second kappa shape index (κ2) is 5.04. The highest BCUT2D eigenvalue weighted by atomic mass is 16.5. The summed E-state index contributed by atoms with van der Waals surface area (Å²) in [6.07, 6.45) is 0. The van der Waals surface area contributed by atoms with Crippen molar-refractivity contribution in [2.24, 2.45) is 5.73 Å². The van der Waals surface area contributed by atoms with Gasteiger partial charge in [0.2, 0.25) is 0 Å². The molecule has 1 aromatic rings. The molecule has 1 heterocycles. The number of nitrogens with zero attached hydrogens (tertiary/aromatic N) is 2. The van der Waals surface area contributed by atoms with Gasteiger partial charge in [0.05, 0.1) is 6.61 Å². The van der Waals surface area contributed by atoms with Gasteiger partial charge in [0.15, 0.2) is 0 Å². The minimum atomic E-state index is -0.184. The van der Waals surface area contributed by atoms with Gasteiger partial charge in [-0.25, -0.2) is 4.98 Å². The molecule has 1 aromatic heterocycles. The van der Waals surface area contributed by atoms with Crippen molar-refractivity contribution in [1.29, 1.82) is 0 Å². The summed E-state index contributed by atoms with van der Waals surface area (Å²) in [7, 11) is 1.59. The number of nitrogens with two attached hydrogens (primary N) is 1. The predicted octanol–water partition coefficient (Wildman–Crippen LogP) is -0.166. The van der Waals surface area contributed by atoms with Crippen molar-refractivity contribution < 1.29 is 4.74 Å². The van der Waals surface area contributed by atoms with E-state index in [-0.39, 0.29) is 11.6 Å². The van der Waals surface area contributed by atoms with Crippen LogP contribution >= 0.6 is 0 Å². The Morgan fingerprint density at radius 2 is 2.27 bits per heavy atom. The molecule has 0 amide bonds. The Bertz CT molecular complexity index is 387. The quantitative estimate of drug-likeness (QED) is 0.751. The average molecular weight is 211 g/mol. The van der Waals surface area contributed by atoms with Crippen molar-refractivity contribution in [3.05, 3.63) is 27.9 Å². The van der Waals surface area contributed by atoms with E-state index >= 15 is 0 Å². The molecular weight excluding hydrogens is 194 g/mol. The molecule has 0 saturated carbocycles. The molecule has 0 bridgehead atoms. The van der Waals surface area contributed by atoms with E-state index in [2.05, 4.69) is 4.98 Å². The summed E-state index contributed by atoms with van der Waals surface area (Å²) in [4.78, 5) is 15.8. The lowest BCUT2D eigenvalue weighted by molar-refractivity contribution is 0.173. The third-order valence-corrected chi connectivity index (χ3v) is 2.13. The van der Waals surface area contributed by atoms with Gasteiger partial charge in [0, 0.05) is 31.5 Å². The van der Waals surface area contributed by atoms with Crippen LogP contribution < -0.4 is 11.3 Å². The van der Waals surface area contributed by atoms with E-state index in [1.807, 2.05) is 0 Å². The highest BCUT2D eigenvalue weighted by Crippen LogP contribution is 1.95. The van der Waals surface area contributed by atoms with Crippen LogP contribution in [0.15, 0.2) is 10.9 Å². The molecule has 0 saturated heterocycles. The van der Waals surface area contributed by atoms with Crippen LogP contribution in [0.5, 0.6) is 0 Å². The summed E-state index contributed by atoms with van der Waals surface area (Å²) in [6.45, 7) is 4.47. The molecule has 1 atom stereocenters. The Morgan fingerprint density at radius 1 is 1.60 bits per heavy atom. The highest BCUT2D eigenvalue weighted by molar-refractivity contribution is 5.01. The maximum absolute atomic E-state index is 11.6. The van der Waals surface area contributed by atoms with E-state index in [1.165, 1.54) is 6.07 Å². The highest BCUT2D eigenvalue weighted by Gasteiger charge is 2.07. The summed E-state index contributed by atoms with van der Waals surface area (Å²) in [6, 6.07) is 1.32. The fourth-order valence-corrected chi connectivity index (χ4v) is 1.49. The second-order valence-electron chi connectivity index (χ2n) is 3.61. The molecule has 15 heavy (non-hydrogen) atoms. The number of hydrogen-bond donors (Lipinski definition) is 1. The minimum absolute atomic E-state index is 0.0634. The van der Waals surface area contributed by atoms with Crippen molar-refractivity contribution in [1.82, 2.24) is 9.55 Å². The maximum Gasteiger partial charge on any atom is 0.253 e. The van der Waals surface area contributed by atoms with Gasteiger partial charge in [-0.2, -0.15) is 0 Å². The third-order valence-electron chi connectivity index (χ3n) is 2.13. The SMILES string of the molecule is COCC(N)Cn1c(C)nc(C)cc1=O. The van der Waals surface area contributed by atoms with E-state index in [0.29, 0.717) is 19.0 Å². The topological polar surface area (TPSA) is 70.1 Å². The van der Waals surface area contributed by atoms with E-state index in [0.717, 1.165) is 5.69 Å². The van der Waals surface area contributed by atoms with Gasteiger partial charge in [-0.1, -0.05) is 0 Å². The Kier molecular flexibility index (Phi) is 3.99. The molecule has 0 aliphatic rings. The van der Waals surface area contributed by atoms with Crippen molar-refractivity contribution >= 4 is 0 Å². The minimum Gasteiger partial charge on any atom is -0.383 e. The molecular formula is C10H17N3O2. The standard InChI is InChI=1S/C10H17N3O2/c1-7-4-10(14)13(8(2)12-7)5-9(11)6-15-3/h4,9H,5-6,11H2,1-3H3. The van der Waals surface area contributed by atoms with E-state index in [1.54, 1.807) is 25.5 Å². The van der Waals surface area contributed by atoms with E-state index in [4.69, 9.17) is 10.5 Å². The molecule has 5 nitrogen and oxygen atoms in total. The Balaban J connectivity index is 2.90. The van der Waals surface area contributed by atoms with Crippen LogP contribution in [-0.4, -0.2) is 29.3 Å². The number of rotatable bonds is 4. The van der Waals surface area contributed by atoms with Gasteiger partial charge in [0.1, 0.15) is 5.82 Å². The van der Waals surface area contributed by atoms with Gasteiger partial charge < -0.3 is 10.5 Å². The lowest BCUT2D eigenvalue weighted by Crippen LogP contribution is -2.36. The molecule has 2 N–H and O–H groups in total. The number of hydrogen-bond acceptors (Lipinski definition) is 4. The smallest absolute Gasteiger partial charge is 0.253 e. The molecule has 0 radical (unpaired) electrons. The lowest BCUT2D eigenvalue weighted by atomic mass is 10.3. The summed E-state index contributed by atoms with van der Waals surface area (Å²) in [5.41, 5.74) is 6.45. The zero-order chi connectivity index (χ0) is 11.4. The first-order valence-corrected chi connectivity index (χ1v) is 4.84. The average Bonchev–Trinajstić information content (AvgIpc) is 2.11. The lowest BCUT2D eigenvalue weighted by Gasteiger charge is -2.14. The molecule has 0 aliphatic carbocycles. The summed E-state index contributed by atoms with van der Waals surface area (Å²) in [5, 5.41) is 0. The molecule has 0 spiro atoms. The predicted molar refractivity (Wildman–Crippen MR) is 57.8 cm³/mol. The summed E-state index contributed by atoms with van der Waals surface area (Å²) in [5.74, 6) is 0.687. The summed E-state index contributed by atoms with van der Waals surface area (Å²) < 4.78 is 6.48. The Labute approximate surface area is 88.9 Å². The third kappa shape index (κ3) is 3.14. The normalized spacial score (nSPS) is 12.8. The van der Waals surface area contributed by atoms with Crippen LogP contribution in [-0.2, 0) is 11.3 Å². The van der Waals surface area contributed by atoms with Gasteiger partial charge >= 0.3 is 0 Å². The van der Waals surface area contributed by atoms with Crippen LogP contribution in [0.2, 0.25) is 0 Å². The first kappa shape index (κ1) is 11.9. The van der Waals surface area contributed by atoms with Crippen molar-refractivity contribution in [3.63, 3.8) is 0 Å². The first-order chi connectivity index (χ1) is 7.04. The van der Waals surface area contributed by atoms with Crippen molar-refractivity contribution in [2.45, 2.75) is 26.4 Å². The van der Waals surface area contributed by atoms with Gasteiger partial charge in [-0.3, -0.25) is 9.36 Å². The monoisotopic (exact) mass is 211 g/mol. The molecule has 1 rings (SSSR count). The van der Waals surface area contributed by atoms with E-state index in [9.17, 15) is 4.79 Å². The molecule has 1 unspecified atom stereocenters. The van der Waals surface area contributed by atoms with Crippen LogP contribution in [0.25, 0.3) is 0 Å². The number of aromatic nitrogens is 2. The van der Waals surface area contributed by atoms with Crippen LogP contribution in [0.4, 0.5) is 0 Å². The molecule has 0 aromatic carbocycles.